The number of rotatable bonds is 4. The molecule has 134 valence electrons. The molecule has 1 aliphatic rings. The number of nitrogens with two attached hydrogens (primary N) is 1. The number of carbonyl (C=O) groups is 1. The fraction of sp³-hybridized carbons (Fsp3) is 0.400. The van der Waals surface area contributed by atoms with Gasteiger partial charge in [-0.05, 0) is 18.4 Å². The van der Waals surface area contributed by atoms with E-state index in [9.17, 15) is 18.0 Å². The largest absolute Gasteiger partial charge is 0.434 e. The van der Waals surface area contributed by atoms with Crippen molar-refractivity contribution in [3.63, 3.8) is 0 Å². The van der Waals surface area contributed by atoms with E-state index in [0.717, 1.165) is 6.20 Å². The summed E-state index contributed by atoms with van der Waals surface area (Å²) >= 11 is 6.05. The van der Waals surface area contributed by atoms with Crippen LogP contribution in [0, 0.1) is 5.92 Å². The third-order valence-corrected chi connectivity index (χ3v) is 4.35. The number of halogens is 4. The summed E-state index contributed by atoms with van der Waals surface area (Å²) in [6.45, 7) is 0.921. The lowest BCUT2D eigenvalue weighted by Gasteiger charge is -2.24. The van der Waals surface area contributed by atoms with Gasteiger partial charge >= 0.3 is 6.18 Å². The van der Waals surface area contributed by atoms with Crippen LogP contribution < -0.4 is 11.1 Å². The topological polar surface area (TPSA) is 85.8 Å². The highest BCUT2D eigenvalue weighted by molar-refractivity contribution is 6.33. The number of nitrogens with zero attached hydrogens (tertiary/aromatic N) is 3. The van der Waals surface area contributed by atoms with Gasteiger partial charge in [-0.25, -0.2) is 9.97 Å². The Hall–Kier alpha value is -2.29. The van der Waals surface area contributed by atoms with E-state index in [4.69, 9.17) is 17.3 Å². The number of pyridine rings is 1. The van der Waals surface area contributed by atoms with E-state index in [0.29, 0.717) is 37.6 Å². The van der Waals surface area contributed by atoms with Gasteiger partial charge in [-0.3, -0.25) is 4.79 Å². The number of imidazole rings is 1. The number of alkyl halides is 3. The van der Waals surface area contributed by atoms with Crippen molar-refractivity contribution in [2.24, 2.45) is 11.7 Å². The lowest BCUT2D eigenvalue weighted by atomic mass is 9.99. The molecule has 2 aromatic heterocycles. The minimum Gasteiger partial charge on any atom is -0.368 e. The summed E-state index contributed by atoms with van der Waals surface area (Å²) < 4.78 is 39.7. The quantitative estimate of drug-likeness (QED) is 0.862. The molecule has 0 aliphatic carbocycles. The second-order valence-electron chi connectivity index (χ2n) is 5.90. The minimum absolute atomic E-state index is 0.108. The zero-order chi connectivity index (χ0) is 18.2. The summed E-state index contributed by atoms with van der Waals surface area (Å²) in [7, 11) is 0. The number of nitrogens with one attached hydrogen (secondary N) is 1. The van der Waals surface area contributed by atoms with Crippen molar-refractivity contribution in [1.82, 2.24) is 14.5 Å². The van der Waals surface area contributed by atoms with Crippen LogP contribution in [0.2, 0.25) is 5.02 Å². The maximum Gasteiger partial charge on any atom is 0.434 e. The number of fused-ring (bicyclic) bond motifs is 1. The van der Waals surface area contributed by atoms with Gasteiger partial charge in [0.25, 0.3) is 0 Å². The van der Waals surface area contributed by atoms with Crippen molar-refractivity contribution in [1.29, 1.82) is 0 Å². The Morgan fingerprint density at radius 3 is 2.88 bits per heavy atom. The molecule has 0 saturated carbocycles. The molecule has 1 amide bonds. The lowest BCUT2D eigenvalue weighted by Crippen LogP contribution is -2.26. The van der Waals surface area contributed by atoms with Gasteiger partial charge in [0, 0.05) is 31.9 Å². The SMILES string of the molecule is NC(=O)c1cnc(NC[C@@H]2CCc3nc(C(F)(F)F)cn3C2)c(Cl)c1. The van der Waals surface area contributed by atoms with Crippen molar-refractivity contribution < 1.29 is 18.0 Å². The molecule has 6 nitrogen and oxygen atoms in total. The third kappa shape index (κ3) is 3.87. The minimum atomic E-state index is -4.43. The molecule has 0 fully saturated rings. The Bertz CT molecular complexity index is 805. The molecule has 0 bridgehead atoms. The van der Waals surface area contributed by atoms with Gasteiger partial charge in [-0.1, -0.05) is 11.6 Å². The molecule has 1 aliphatic heterocycles. The number of hydrogen-bond acceptors (Lipinski definition) is 4. The van der Waals surface area contributed by atoms with Crippen molar-refractivity contribution >= 4 is 23.3 Å². The Kier molecular flexibility index (Phi) is 4.59. The van der Waals surface area contributed by atoms with Gasteiger partial charge < -0.3 is 15.6 Å². The first kappa shape index (κ1) is 17.5. The molecule has 0 spiro atoms. The van der Waals surface area contributed by atoms with E-state index in [1.54, 1.807) is 4.57 Å². The first-order valence-corrected chi connectivity index (χ1v) is 7.94. The van der Waals surface area contributed by atoms with Crippen LogP contribution in [-0.4, -0.2) is 27.0 Å². The molecule has 0 unspecified atom stereocenters. The second kappa shape index (κ2) is 6.55. The smallest absolute Gasteiger partial charge is 0.368 e. The maximum absolute atomic E-state index is 12.7. The van der Waals surface area contributed by atoms with Crippen molar-refractivity contribution in [3.8, 4) is 0 Å². The van der Waals surface area contributed by atoms with E-state index in [2.05, 4.69) is 15.3 Å². The zero-order valence-corrected chi connectivity index (χ0v) is 13.7. The number of carbonyl (C=O) groups excluding carboxylic acids is 1. The van der Waals surface area contributed by atoms with Crippen LogP contribution in [0.1, 0.15) is 28.3 Å². The molecule has 0 aromatic carbocycles. The van der Waals surface area contributed by atoms with E-state index < -0.39 is 17.8 Å². The average Bonchev–Trinajstić information content (AvgIpc) is 2.97. The Labute approximate surface area is 146 Å². The van der Waals surface area contributed by atoms with Crippen LogP contribution in [0.5, 0.6) is 0 Å². The summed E-state index contributed by atoms with van der Waals surface area (Å²) in [5.41, 5.74) is 4.50. The number of amides is 1. The second-order valence-corrected chi connectivity index (χ2v) is 6.30. The molecule has 10 heteroatoms. The maximum atomic E-state index is 12.7. The summed E-state index contributed by atoms with van der Waals surface area (Å²) in [6, 6.07) is 1.42. The molecule has 3 heterocycles. The van der Waals surface area contributed by atoms with Gasteiger partial charge in [-0.2, -0.15) is 13.2 Å². The molecule has 3 rings (SSSR count). The Balaban J connectivity index is 1.64. The van der Waals surface area contributed by atoms with Gasteiger partial charge in [0.1, 0.15) is 11.6 Å². The van der Waals surface area contributed by atoms with Crippen LogP contribution in [0.4, 0.5) is 19.0 Å². The number of aryl methyl sites for hydroxylation is 1. The van der Waals surface area contributed by atoms with Gasteiger partial charge in [-0.15, -0.1) is 0 Å². The molecule has 3 N–H and O–H groups in total. The van der Waals surface area contributed by atoms with Gasteiger partial charge in [0.2, 0.25) is 5.91 Å². The van der Waals surface area contributed by atoms with Crippen LogP contribution in [-0.2, 0) is 19.1 Å². The van der Waals surface area contributed by atoms with Crippen LogP contribution in [0.15, 0.2) is 18.5 Å². The first-order chi connectivity index (χ1) is 11.7. The summed E-state index contributed by atoms with van der Waals surface area (Å²) in [6.07, 6.45) is -0.879. The van der Waals surface area contributed by atoms with Gasteiger partial charge in [0.15, 0.2) is 5.69 Å². The van der Waals surface area contributed by atoms with Crippen LogP contribution in [0.3, 0.4) is 0 Å². The predicted octanol–water partition coefficient (Wildman–Crippen LogP) is 2.72. The standard InChI is InChI=1S/C15H15ClF3N5O/c16-10-3-9(13(20)25)5-22-14(10)21-4-8-1-2-12-23-11(15(17,18)19)7-24(12)6-8/h3,5,7-8H,1-2,4,6H2,(H2,20,25)(H,21,22)/t8-/m0/s1. The van der Waals surface area contributed by atoms with E-state index in [1.807, 2.05) is 0 Å². The summed E-state index contributed by atoms with van der Waals surface area (Å²) in [5, 5.41) is 3.32. The molecular formula is C15H15ClF3N5O. The first-order valence-electron chi connectivity index (χ1n) is 7.56. The molecule has 0 radical (unpaired) electrons. The third-order valence-electron chi connectivity index (χ3n) is 4.06. The van der Waals surface area contributed by atoms with E-state index >= 15 is 0 Å². The molecule has 1 atom stereocenters. The number of anilines is 1. The molecule has 25 heavy (non-hydrogen) atoms. The lowest BCUT2D eigenvalue weighted by molar-refractivity contribution is -0.141. The number of primary amides is 1. The predicted molar refractivity (Wildman–Crippen MR) is 85.3 cm³/mol. The fourth-order valence-electron chi connectivity index (χ4n) is 2.76. The highest BCUT2D eigenvalue weighted by atomic mass is 35.5. The fourth-order valence-corrected chi connectivity index (χ4v) is 2.99. The van der Waals surface area contributed by atoms with Crippen LogP contribution in [0.25, 0.3) is 0 Å². The zero-order valence-electron chi connectivity index (χ0n) is 13.0. The van der Waals surface area contributed by atoms with Crippen molar-refractivity contribution in [3.05, 3.63) is 40.6 Å². The number of aromatic nitrogens is 3. The number of hydrogen-bond donors (Lipinski definition) is 2. The van der Waals surface area contributed by atoms with Crippen molar-refractivity contribution in [2.75, 3.05) is 11.9 Å². The summed E-state index contributed by atoms with van der Waals surface area (Å²) in [5.74, 6) is 0.336. The highest BCUT2D eigenvalue weighted by Crippen LogP contribution is 2.31. The summed E-state index contributed by atoms with van der Waals surface area (Å²) in [4.78, 5) is 18.8. The monoisotopic (exact) mass is 373 g/mol. The van der Waals surface area contributed by atoms with Gasteiger partial charge in [0.05, 0.1) is 10.6 Å². The van der Waals surface area contributed by atoms with Crippen LogP contribution >= 0.6 is 11.6 Å². The average molecular weight is 374 g/mol. The molecule has 0 saturated heterocycles. The van der Waals surface area contributed by atoms with Crippen molar-refractivity contribution in [2.45, 2.75) is 25.6 Å². The Morgan fingerprint density at radius 1 is 1.48 bits per heavy atom. The molecule has 2 aromatic rings. The highest BCUT2D eigenvalue weighted by Gasteiger charge is 2.35. The Morgan fingerprint density at radius 2 is 2.24 bits per heavy atom. The van der Waals surface area contributed by atoms with E-state index in [1.165, 1.54) is 12.3 Å². The normalized spacial score (nSPS) is 17.2. The molecular weight excluding hydrogens is 359 g/mol. The van der Waals surface area contributed by atoms with E-state index in [-0.39, 0.29) is 16.5 Å².